The van der Waals surface area contributed by atoms with Gasteiger partial charge in [0.05, 0.1) is 5.56 Å². The number of fused-ring (bicyclic) bond motifs is 2. The first kappa shape index (κ1) is 17.3. The van der Waals surface area contributed by atoms with Gasteiger partial charge in [-0.3, -0.25) is 9.59 Å². The minimum atomic E-state index is 0.0167. The smallest absolute Gasteiger partial charge is 0.258 e. The zero-order valence-electron chi connectivity index (χ0n) is 15.5. The highest BCUT2D eigenvalue weighted by Crippen LogP contribution is 2.33. The van der Waals surface area contributed by atoms with Crippen molar-refractivity contribution >= 4 is 17.6 Å². The molecule has 1 aromatic rings. The summed E-state index contributed by atoms with van der Waals surface area (Å²) in [4.78, 5) is 34.1. The van der Waals surface area contributed by atoms with E-state index in [0.717, 1.165) is 31.5 Å². The third kappa shape index (κ3) is 3.17. The summed E-state index contributed by atoms with van der Waals surface area (Å²) >= 11 is 0. The van der Waals surface area contributed by atoms with Crippen LogP contribution in [-0.4, -0.2) is 53.4 Å². The van der Waals surface area contributed by atoms with E-state index >= 15 is 0 Å². The van der Waals surface area contributed by atoms with Gasteiger partial charge in [0, 0.05) is 44.3 Å². The molecule has 1 saturated carbocycles. The van der Waals surface area contributed by atoms with Gasteiger partial charge in [0.25, 0.3) is 5.91 Å². The molecule has 0 radical (unpaired) electrons. The van der Waals surface area contributed by atoms with Crippen LogP contribution in [0.5, 0.6) is 0 Å². The quantitative estimate of drug-likeness (QED) is 0.903. The second kappa shape index (κ2) is 7.25. The average molecular weight is 356 g/mol. The lowest BCUT2D eigenvalue weighted by Gasteiger charge is -2.34. The van der Waals surface area contributed by atoms with Crippen LogP contribution in [0.3, 0.4) is 0 Å². The van der Waals surface area contributed by atoms with Crippen molar-refractivity contribution in [2.75, 3.05) is 18.5 Å². The number of rotatable bonds is 3. The Balaban J connectivity index is 1.61. The fourth-order valence-corrected chi connectivity index (χ4v) is 4.84. The predicted octanol–water partition coefficient (Wildman–Crippen LogP) is 2.34. The van der Waals surface area contributed by atoms with Crippen LogP contribution in [0, 0.1) is 0 Å². The molecule has 2 aliphatic heterocycles. The summed E-state index contributed by atoms with van der Waals surface area (Å²) in [7, 11) is 2.07. The molecule has 2 amide bonds. The average Bonchev–Trinajstić information content (AvgIpc) is 2.99. The predicted molar refractivity (Wildman–Crippen MR) is 100 cm³/mol. The Labute approximate surface area is 155 Å². The molecule has 3 heterocycles. The van der Waals surface area contributed by atoms with Gasteiger partial charge in [0.1, 0.15) is 5.82 Å². The number of carbonyl (C=O) groups excluding carboxylic acids is 2. The molecule has 3 fully saturated rings. The molecule has 2 bridgehead atoms. The SMILES string of the molecule is CN(c1ncccc1C(=O)N1[C@@H]2CC[C@H]1CC(=O)NC2)C1CCCCC1. The minimum Gasteiger partial charge on any atom is -0.356 e. The van der Waals surface area contributed by atoms with Crippen molar-refractivity contribution in [3.8, 4) is 0 Å². The van der Waals surface area contributed by atoms with Crippen LogP contribution in [0.4, 0.5) is 5.82 Å². The van der Waals surface area contributed by atoms with Gasteiger partial charge in [-0.05, 0) is 37.8 Å². The van der Waals surface area contributed by atoms with Gasteiger partial charge in [-0.2, -0.15) is 0 Å². The van der Waals surface area contributed by atoms with Crippen molar-refractivity contribution in [2.45, 2.75) is 69.5 Å². The second-order valence-corrected chi connectivity index (χ2v) is 7.88. The number of nitrogens with zero attached hydrogens (tertiary/aromatic N) is 3. The lowest BCUT2D eigenvalue weighted by atomic mass is 9.94. The summed E-state index contributed by atoms with van der Waals surface area (Å²) in [5.41, 5.74) is 0.673. The molecule has 140 valence electrons. The Kier molecular flexibility index (Phi) is 4.83. The number of hydrogen-bond acceptors (Lipinski definition) is 4. The number of pyridine rings is 1. The zero-order valence-corrected chi connectivity index (χ0v) is 15.5. The molecule has 6 nitrogen and oxygen atoms in total. The van der Waals surface area contributed by atoms with Crippen LogP contribution in [0.15, 0.2) is 18.3 Å². The Morgan fingerprint density at radius 3 is 2.77 bits per heavy atom. The lowest BCUT2D eigenvalue weighted by Crippen LogP contribution is -2.43. The largest absolute Gasteiger partial charge is 0.356 e. The first-order valence-electron chi connectivity index (χ1n) is 9.92. The van der Waals surface area contributed by atoms with Crippen molar-refractivity contribution in [3.05, 3.63) is 23.9 Å². The van der Waals surface area contributed by atoms with Crippen LogP contribution in [0.2, 0.25) is 0 Å². The van der Waals surface area contributed by atoms with E-state index in [1.54, 1.807) is 6.20 Å². The van der Waals surface area contributed by atoms with Crippen molar-refractivity contribution in [1.82, 2.24) is 15.2 Å². The summed E-state index contributed by atoms with van der Waals surface area (Å²) in [5, 5.41) is 2.94. The molecular weight excluding hydrogens is 328 g/mol. The Bertz CT molecular complexity index is 686. The maximum absolute atomic E-state index is 13.4. The van der Waals surface area contributed by atoms with Crippen LogP contribution < -0.4 is 10.2 Å². The van der Waals surface area contributed by atoms with E-state index in [0.29, 0.717) is 24.6 Å². The summed E-state index contributed by atoms with van der Waals surface area (Å²) in [6, 6.07) is 4.31. The summed E-state index contributed by atoms with van der Waals surface area (Å²) in [6.07, 6.45) is 10.2. The minimum absolute atomic E-state index is 0.0167. The van der Waals surface area contributed by atoms with Gasteiger partial charge in [-0.15, -0.1) is 0 Å². The number of aromatic nitrogens is 1. The molecular formula is C20H28N4O2. The van der Waals surface area contributed by atoms with Gasteiger partial charge >= 0.3 is 0 Å². The number of amides is 2. The Morgan fingerprint density at radius 1 is 1.19 bits per heavy atom. The van der Waals surface area contributed by atoms with E-state index in [9.17, 15) is 9.59 Å². The monoisotopic (exact) mass is 356 g/mol. The van der Waals surface area contributed by atoms with E-state index in [-0.39, 0.29) is 23.9 Å². The lowest BCUT2D eigenvalue weighted by molar-refractivity contribution is -0.121. The van der Waals surface area contributed by atoms with E-state index < -0.39 is 0 Å². The first-order valence-corrected chi connectivity index (χ1v) is 9.92. The van der Waals surface area contributed by atoms with Crippen LogP contribution in [0.25, 0.3) is 0 Å². The summed E-state index contributed by atoms with van der Waals surface area (Å²) in [5.74, 6) is 0.868. The number of hydrogen-bond donors (Lipinski definition) is 1. The number of nitrogens with one attached hydrogen (secondary N) is 1. The second-order valence-electron chi connectivity index (χ2n) is 7.88. The number of carbonyl (C=O) groups is 2. The first-order chi connectivity index (χ1) is 12.6. The maximum Gasteiger partial charge on any atom is 0.258 e. The van der Waals surface area contributed by atoms with Gasteiger partial charge < -0.3 is 15.1 Å². The van der Waals surface area contributed by atoms with Crippen molar-refractivity contribution in [2.24, 2.45) is 0 Å². The van der Waals surface area contributed by atoms with Crippen LogP contribution in [0.1, 0.15) is 61.7 Å². The number of anilines is 1. The van der Waals surface area contributed by atoms with E-state index in [1.807, 2.05) is 17.0 Å². The highest BCUT2D eigenvalue weighted by Gasteiger charge is 2.41. The molecule has 1 aromatic heterocycles. The highest BCUT2D eigenvalue weighted by molar-refractivity contribution is 6.00. The van der Waals surface area contributed by atoms with Crippen LogP contribution in [-0.2, 0) is 4.79 Å². The Morgan fingerprint density at radius 2 is 1.96 bits per heavy atom. The Hall–Kier alpha value is -2.11. The third-order valence-electron chi connectivity index (χ3n) is 6.28. The van der Waals surface area contributed by atoms with Gasteiger partial charge in [-0.25, -0.2) is 4.98 Å². The molecule has 0 aromatic carbocycles. The fraction of sp³-hybridized carbons (Fsp3) is 0.650. The molecule has 0 spiro atoms. The molecule has 0 unspecified atom stereocenters. The van der Waals surface area contributed by atoms with Crippen molar-refractivity contribution < 1.29 is 9.59 Å². The van der Waals surface area contributed by atoms with E-state index in [2.05, 4.69) is 22.2 Å². The van der Waals surface area contributed by atoms with Gasteiger partial charge in [-0.1, -0.05) is 19.3 Å². The molecule has 26 heavy (non-hydrogen) atoms. The van der Waals surface area contributed by atoms with Crippen molar-refractivity contribution in [3.63, 3.8) is 0 Å². The molecule has 6 heteroatoms. The molecule has 1 aliphatic carbocycles. The summed E-state index contributed by atoms with van der Waals surface area (Å²) in [6.45, 7) is 0.565. The topological polar surface area (TPSA) is 65.5 Å². The molecule has 2 atom stereocenters. The standard InChI is InChI=1S/C20H28N4O2/c1-23(14-6-3-2-4-7-14)19-17(8-5-11-21-19)20(26)24-15-9-10-16(24)13-22-18(25)12-15/h5,8,11,14-16H,2-4,6-7,9-10,12-13H2,1H3,(H,22,25)/t15-,16+/m0/s1. The van der Waals surface area contributed by atoms with E-state index in [4.69, 9.17) is 0 Å². The molecule has 2 saturated heterocycles. The van der Waals surface area contributed by atoms with Crippen LogP contribution >= 0.6 is 0 Å². The maximum atomic E-state index is 13.4. The van der Waals surface area contributed by atoms with Crippen molar-refractivity contribution in [1.29, 1.82) is 0 Å². The normalized spacial score (nSPS) is 26.3. The zero-order chi connectivity index (χ0) is 18.1. The summed E-state index contributed by atoms with van der Waals surface area (Å²) < 4.78 is 0. The van der Waals surface area contributed by atoms with Gasteiger partial charge in [0.2, 0.25) is 5.91 Å². The molecule has 1 N–H and O–H groups in total. The van der Waals surface area contributed by atoms with Gasteiger partial charge in [0.15, 0.2) is 0 Å². The highest BCUT2D eigenvalue weighted by atomic mass is 16.2. The molecule has 3 aliphatic rings. The molecule has 4 rings (SSSR count). The fourth-order valence-electron chi connectivity index (χ4n) is 4.84. The third-order valence-corrected chi connectivity index (χ3v) is 6.28. The van der Waals surface area contributed by atoms with E-state index in [1.165, 1.54) is 19.3 Å².